The maximum Gasteiger partial charge on any atom is 0.342 e. The van der Waals surface area contributed by atoms with Gasteiger partial charge in [-0.15, -0.1) is 0 Å². The molecule has 7 heteroatoms. The summed E-state index contributed by atoms with van der Waals surface area (Å²) in [6, 6.07) is 10.6. The second kappa shape index (κ2) is 10.2. The molecule has 0 spiro atoms. The fraction of sp³-hybridized carbons (Fsp3) is 0.350. The van der Waals surface area contributed by atoms with E-state index in [1.165, 1.54) is 0 Å². The Morgan fingerprint density at radius 3 is 2.56 bits per heavy atom. The third-order valence-electron chi connectivity index (χ3n) is 3.81. The van der Waals surface area contributed by atoms with Gasteiger partial charge < -0.3 is 20.1 Å². The Kier molecular flexibility index (Phi) is 7.61. The van der Waals surface area contributed by atoms with Crippen molar-refractivity contribution in [2.24, 2.45) is 0 Å². The average Bonchev–Trinajstić information content (AvgIpc) is 2.68. The minimum Gasteiger partial charge on any atom is -0.494 e. The predicted octanol–water partition coefficient (Wildman–Crippen LogP) is 3.30. The third kappa shape index (κ3) is 6.29. The molecule has 1 aromatic heterocycles. The normalized spacial score (nSPS) is 11.4. The number of benzene rings is 1. The summed E-state index contributed by atoms with van der Waals surface area (Å²) in [5.41, 5.74) is 1.00. The van der Waals surface area contributed by atoms with Crippen molar-refractivity contribution in [1.82, 2.24) is 10.3 Å². The highest BCUT2D eigenvalue weighted by molar-refractivity contribution is 5.96. The van der Waals surface area contributed by atoms with Crippen LogP contribution >= 0.6 is 0 Å². The van der Waals surface area contributed by atoms with Gasteiger partial charge in [-0.05, 0) is 56.7 Å². The largest absolute Gasteiger partial charge is 0.494 e. The lowest BCUT2D eigenvalue weighted by Crippen LogP contribution is -2.35. The Balaban J connectivity index is 2.01. The van der Waals surface area contributed by atoms with Crippen molar-refractivity contribution in [3.8, 4) is 5.75 Å². The highest BCUT2D eigenvalue weighted by Gasteiger charge is 2.16. The number of nitrogens with zero attached hydrogens (tertiary/aromatic N) is 1. The van der Waals surface area contributed by atoms with E-state index in [-0.39, 0.29) is 24.1 Å². The molecule has 1 unspecified atom stereocenters. The third-order valence-corrected chi connectivity index (χ3v) is 3.81. The van der Waals surface area contributed by atoms with E-state index in [9.17, 15) is 9.59 Å². The molecule has 27 heavy (non-hydrogen) atoms. The van der Waals surface area contributed by atoms with Crippen LogP contribution in [0.3, 0.4) is 0 Å². The smallest absolute Gasteiger partial charge is 0.342 e. The van der Waals surface area contributed by atoms with Crippen LogP contribution in [-0.4, -0.2) is 36.1 Å². The van der Waals surface area contributed by atoms with Gasteiger partial charge in [-0.25, -0.2) is 9.78 Å². The molecule has 0 fully saturated rings. The maximum absolute atomic E-state index is 12.4. The first-order valence-corrected chi connectivity index (χ1v) is 8.94. The zero-order valence-corrected chi connectivity index (χ0v) is 15.8. The number of esters is 1. The monoisotopic (exact) mass is 371 g/mol. The second-order valence-corrected chi connectivity index (χ2v) is 5.93. The van der Waals surface area contributed by atoms with Gasteiger partial charge in [0.1, 0.15) is 17.1 Å². The van der Waals surface area contributed by atoms with Gasteiger partial charge in [0.25, 0.3) is 5.91 Å². The Morgan fingerprint density at radius 1 is 1.15 bits per heavy atom. The van der Waals surface area contributed by atoms with Crippen LogP contribution in [0.1, 0.15) is 37.6 Å². The van der Waals surface area contributed by atoms with Crippen LogP contribution in [0.25, 0.3) is 0 Å². The quantitative estimate of drug-likeness (QED) is 0.658. The molecule has 0 aliphatic heterocycles. The molecule has 0 radical (unpaired) electrons. The van der Waals surface area contributed by atoms with Crippen molar-refractivity contribution in [2.45, 2.75) is 33.2 Å². The van der Waals surface area contributed by atoms with E-state index in [1.54, 1.807) is 18.3 Å². The molecule has 1 amide bonds. The second-order valence-electron chi connectivity index (χ2n) is 5.93. The molecule has 0 saturated carbocycles. The SMILES string of the molecule is CCOc1ccc(Nc2ncccc2C(=O)OCC(=O)NC(C)CC)cc1. The number of aromatic nitrogens is 1. The minimum absolute atomic E-state index is 0.0338. The van der Waals surface area contributed by atoms with E-state index in [0.29, 0.717) is 12.4 Å². The maximum atomic E-state index is 12.4. The molecule has 2 aromatic rings. The zero-order chi connectivity index (χ0) is 19.6. The summed E-state index contributed by atoms with van der Waals surface area (Å²) in [5, 5.41) is 5.83. The molecule has 7 nitrogen and oxygen atoms in total. The van der Waals surface area contributed by atoms with E-state index >= 15 is 0 Å². The van der Waals surface area contributed by atoms with E-state index in [1.807, 2.05) is 45.0 Å². The van der Waals surface area contributed by atoms with E-state index in [0.717, 1.165) is 17.9 Å². The summed E-state index contributed by atoms with van der Waals surface area (Å²) in [6.07, 6.45) is 2.38. The standard InChI is InChI=1S/C20H25N3O4/c1-4-14(3)22-18(24)13-27-20(25)17-7-6-12-21-19(17)23-15-8-10-16(11-9-15)26-5-2/h6-12,14H,4-5,13H2,1-3H3,(H,21,23)(H,22,24). The lowest BCUT2D eigenvalue weighted by atomic mass is 10.2. The van der Waals surface area contributed by atoms with Crippen LogP contribution in [0, 0.1) is 0 Å². The number of anilines is 2. The van der Waals surface area contributed by atoms with Crippen LogP contribution in [0.5, 0.6) is 5.75 Å². The topological polar surface area (TPSA) is 89.6 Å². The predicted molar refractivity (Wildman–Crippen MR) is 103 cm³/mol. The summed E-state index contributed by atoms with van der Waals surface area (Å²) >= 11 is 0. The number of carbonyl (C=O) groups is 2. The Morgan fingerprint density at radius 2 is 1.89 bits per heavy atom. The molecule has 2 N–H and O–H groups in total. The number of ether oxygens (including phenoxy) is 2. The van der Waals surface area contributed by atoms with Crippen LogP contribution in [0.15, 0.2) is 42.6 Å². The first kappa shape index (κ1) is 20.2. The molecular formula is C20H25N3O4. The van der Waals surface area contributed by atoms with Gasteiger partial charge in [-0.3, -0.25) is 4.79 Å². The fourth-order valence-electron chi connectivity index (χ4n) is 2.23. The van der Waals surface area contributed by atoms with Crippen molar-refractivity contribution in [3.05, 3.63) is 48.2 Å². The molecule has 144 valence electrons. The zero-order valence-electron chi connectivity index (χ0n) is 15.8. The number of hydrogen-bond donors (Lipinski definition) is 2. The van der Waals surface area contributed by atoms with Gasteiger partial charge in [0.05, 0.1) is 6.61 Å². The molecule has 0 saturated heterocycles. The molecule has 0 bridgehead atoms. The van der Waals surface area contributed by atoms with Gasteiger partial charge in [0, 0.05) is 17.9 Å². The average molecular weight is 371 g/mol. The lowest BCUT2D eigenvalue weighted by Gasteiger charge is -2.13. The first-order valence-electron chi connectivity index (χ1n) is 8.94. The lowest BCUT2D eigenvalue weighted by molar-refractivity contribution is -0.124. The van der Waals surface area contributed by atoms with Gasteiger partial charge in [-0.2, -0.15) is 0 Å². The Bertz CT molecular complexity index is 762. The van der Waals surface area contributed by atoms with E-state index < -0.39 is 5.97 Å². The van der Waals surface area contributed by atoms with Crippen molar-refractivity contribution in [2.75, 3.05) is 18.5 Å². The summed E-state index contributed by atoms with van der Waals surface area (Å²) in [5.74, 6) is 0.170. The van der Waals surface area contributed by atoms with E-state index in [2.05, 4.69) is 15.6 Å². The van der Waals surface area contributed by atoms with Crippen molar-refractivity contribution in [1.29, 1.82) is 0 Å². The minimum atomic E-state index is -0.615. The van der Waals surface area contributed by atoms with Crippen molar-refractivity contribution >= 4 is 23.4 Å². The Hall–Kier alpha value is -3.09. The summed E-state index contributed by atoms with van der Waals surface area (Å²) in [7, 11) is 0. The van der Waals surface area contributed by atoms with Gasteiger partial charge in [0.2, 0.25) is 0 Å². The molecule has 2 rings (SSSR count). The van der Waals surface area contributed by atoms with E-state index in [4.69, 9.17) is 9.47 Å². The number of hydrogen-bond acceptors (Lipinski definition) is 6. The highest BCUT2D eigenvalue weighted by Crippen LogP contribution is 2.21. The summed E-state index contributed by atoms with van der Waals surface area (Å²) in [4.78, 5) is 28.3. The Labute approximate surface area is 159 Å². The molecule has 1 aromatic carbocycles. The van der Waals surface area contributed by atoms with Crippen LogP contribution in [0.2, 0.25) is 0 Å². The highest BCUT2D eigenvalue weighted by atomic mass is 16.5. The molecule has 1 heterocycles. The van der Waals surface area contributed by atoms with Gasteiger partial charge in [0.15, 0.2) is 6.61 Å². The first-order chi connectivity index (χ1) is 13.0. The number of amides is 1. The van der Waals surface area contributed by atoms with Gasteiger partial charge >= 0.3 is 5.97 Å². The number of nitrogens with one attached hydrogen (secondary N) is 2. The fourth-order valence-corrected chi connectivity index (χ4v) is 2.23. The number of pyridine rings is 1. The summed E-state index contributed by atoms with van der Waals surface area (Å²) in [6.45, 7) is 6.03. The van der Waals surface area contributed by atoms with Crippen LogP contribution in [-0.2, 0) is 9.53 Å². The molecule has 0 aliphatic carbocycles. The molecular weight excluding hydrogens is 346 g/mol. The van der Waals surface area contributed by atoms with Gasteiger partial charge in [-0.1, -0.05) is 6.92 Å². The van der Waals surface area contributed by atoms with Crippen LogP contribution < -0.4 is 15.4 Å². The van der Waals surface area contributed by atoms with Crippen molar-refractivity contribution < 1.29 is 19.1 Å². The summed E-state index contributed by atoms with van der Waals surface area (Å²) < 4.78 is 10.5. The van der Waals surface area contributed by atoms with Crippen LogP contribution in [0.4, 0.5) is 11.5 Å². The number of rotatable bonds is 9. The molecule has 0 aliphatic rings. The number of carbonyl (C=O) groups excluding carboxylic acids is 2. The van der Waals surface area contributed by atoms with Crippen molar-refractivity contribution in [3.63, 3.8) is 0 Å². The molecule has 1 atom stereocenters.